The molecule has 5 nitrogen and oxygen atoms in total. The van der Waals surface area contributed by atoms with Crippen LogP contribution in [0.3, 0.4) is 0 Å². The fraction of sp³-hybridized carbons (Fsp3) is 0. The van der Waals surface area contributed by atoms with Gasteiger partial charge in [0.15, 0.2) is 23.2 Å². The summed E-state index contributed by atoms with van der Waals surface area (Å²) in [6, 6.07) is 9.05. The van der Waals surface area contributed by atoms with Gasteiger partial charge in [-0.1, -0.05) is 12.1 Å². The summed E-state index contributed by atoms with van der Waals surface area (Å²) < 4.78 is 37.3. The van der Waals surface area contributed by atoms with E-state index in [9.17, 15) is 8.78 Å². The maximum absolute atomic E-state index is 13.7. The number of para-hydroxylation sites is 1. The van der Waals surface area contributed by atoms with E-state index in [2.05, 4.69) is 4.98 Å². The molecule has 2 aromatic heterocycles. The fourth-order valence-electron chi connectivity index (χ4n) is 1.83. The molecule has 3 rings (SSSR count). The third-order valence-electron chi connectivity index (χ3n) is 2.77. The molecule has 0 radical (unpaired) electrons. The van der Waals surface area contributed by atoms with Gasteiger partial charge in [0.25, 0.3) is 5.88 Å². The number of hydrogen-bond donors (Lipinski definition) is 1. The predicted octanol–water partition coefficient (Wildman–Crippen LogP) is 3.35. The van der Waals surface area contributed by atoms with Crippen molar-refractivity contribution in [1.82, 2.24) is 4.98 Å². The zero-order chi connectivity index (χ0) is 15.0. The van der Waals surface area contributed by atoms with Gasteiger partial charge >= 0.3 is 0 Å². The number of nitrogens with zero attached hydrogens (tertiary/aromatic N) is 2. The van der Waals surface area contributed by atoms with E-state index < -0.39 is 23.3 Å². The SMILES string of the molecule is N#Cc1oc2ccccc2c1Oc1nc(N)c(F)cc1F. The van der Waals surface area contributed by atoms with Gasteiger partial charge in [-0.25, -0.2) is 8.78 Å². The Bertz CT molecular complexity index is 884. The van der Waals surface area contributed by atoms with Crippen LogP contribution in [0.1, 0.15) is 5.76 Å². The number of nitrogen functional groups attached to an aromatic ring is 1. The normalized spacial score (nSPS) is 10.5. The van der Waals surface area contributed by atoms with Crippen molar-refractivity contribution in [2.24, 2.45) is 0 Å². The average Bonchev–Trinajstić information content (AvgIpc) is 2.83. The quantitative estimate of drug-likeness (QED) is 0.781. The van der Waals surface area contributed by atoms with Crippen LogP contribution >= 0.6 is 0 Å². The van der Waals surface area contributed by atoms with Gasteiger partial charge in [-0.3, -0.25) is 0 Å². The van der Waals surface area contributed by atoms with E-state index >= 15 is 0 Å². The predicted molar refractivity (Wildman–Crippen MR) is 69.6 cm³/mol. The van der Waals surface area contributed by atoms with Crippen molar-refractivity contribution >= 4 is 16.8 Å². The molecule has 0 atom stereocenters. The summed E-state index contributed by atoms with van der Waals surface area (Å²) in [6.45, 7) is 0. The summed E-state index contributed by atoms with van der Waals surface area (Å²) in [5, 5.41) is 9.51. The molecule has 0 saturated carbocycles. The number of nitrogens with two attached hydrogens (primary N) is 1. The van der Waals surface area contributed by atoms with Gasteiger partial charge in [0, 0.05) is 6.07 Å². The first-order valence-corrected chi connectivity index (χ1v) is 5.81. The monoisotopic (exact) mass is 287 g/mol. The second-order valence-electron chi connectivity index (χ2n) is 4.11. The van der Waals surface area contributed by atoms with Crippen LogP contribution in [0.15, 0.2) is 34.7 Å². The van der Waals surface area contributed by atoms with Crippen molar-refractivity contribution in [1.29, 1.82) is 5.26 Å². The molecule has 0 saturated heterocycles. The number of ether oxygens (including phenoxy) is 1. The minimum atomic E-state index is -1.03. The average molecular weight is 287 g/mol. The first kappa shape index (κ1) is 12.9. The Balaban J connectivity index is 2.14. The largest absolute Gasteiger partial charge is 0.442 e. The highest BCUT2D eigenvalue weighted by molar-refractivity contribution is 5.86. The number of hydrogen-bond acceptors (Lipinski definition) is 5. The van der Waals surface area contributed by atoms with Gasteiger partial charge in [0.2, 0.25) is 5.76 Å². The van der Waals surface area contributed by atoms with Crippen molar-refractivity contribution in [3.05, 3.63) is 47.7 Å². The number of halogens is 2. The van der Waals surface area contributed by atoms with Crippen LogP contribution in [-0.4, -0.2) is 4.98 Å². The topological polar surface area (TPSA) is 85.1 Å². The lowest BCUT2D eigenvalue weighted by molar-refractivity contribution is 0.412. The lowest BCUT2D eigenvalue weighted by atomic mass is 10.2. The van der Waals surface area contributed by atoms with E-state index in [1.807, 2.05) is 0 Å². The zero-order valence-electron chi connectivity index (χ0n) is 10.4. The highest BCUT2D eigenvalue weighted by Crippen LogP contribution is 2.36. The van der Waals surface area contributed by atoms with E-state index in [4.69, 9.17) is 20.1 Å². The lowest BCUT2D eigenvalue weighted by Crippen LogP contribution is -2.00. The highest BCUT2D eigenvalue weighted by Gasteiger charge is 2.19. The fourth-order valence-corrected chi connectivity index (χ4v) is 1.83. The van der Waals surface area contributed by atoms with E-state index in [-0.39, 0.29) is 11.5 Å². The Morgan fingerprint density at radius 2 is 2.00 bits per heavy atom. The van der Waals surface area contributed by atoms with E-state index in [1.165, 1.54) is 0 Å². The molecule has 0 aliphatic rings. The molecule has 0 amide bonds. The third-order valence-corrected chi connectivity index (χ3v) is 2.77. The Kier molecular flexibility index (Phi) is 2.92. The van der Waals surface area contributed by atoms with Gasteiger partial charge in [-0.15, -0.1) is 0 Å². The van der Waals surface area contributed by atoms with Crippen molar-refractivity contribution in [3.63, 3.8) is 0 Å². The van der Waals surface area contributed by atoms with Crippen molar-refractivity contribution in [3.8, 4) is 17.7 Å². The Morgan fingerprint density at radius 1 is 1.24 bits per heavy atom. The van der Waals surface area contributed by atoms with Crippen LogP contribution in [0.5, 0.6) is 11.6 Å². The lowest BCUT2D eigenvalue weighted by Gasteiger charge is -2.05. The maximum atomic E-state index is 13.7. The van der Waals surface area contributed by atoms with Gasteiger partial charge in [-0.05, 0) is 12.1 Å². The summed E-state index contributed by atoms with van der Waals surface area (Å²) in [5.74, 6) is -3.19. The first-order chi connectivity index (χ1) is 10.1. The molecule has 0 bridgehead atoms. The molecule has 0 aliphatic carbocycles. The molecule has 7 heteroatoms. The minimum Gasteiger partial charge on any atom is -0.442 e. The van der Waals surface area contributed by atoms with Crippen LogP contribution in [0, 0.1) is 23.0 Å². The van der Waals surface area contributed by atoms with Gasteiger partial charge in [0.1, 0.15) is 11.7 Å². The summed E-state index contributed by atoms with van der Waals surface area (Å²) >= 11 is 0. The smallest absolute Gasteiger partial charge is 0.258 e. The van der Waals surface area contributed by atoms with Crippen LogP contribution in [0.4, 0.5) is 14.6 Å². The number of aromatic nitrogens is 1. The van der Waals surface area contributed by atoms with E-state index in [0.717, 1.165) is 0 Å². The zero-order valence-corrected chi connectivity index (χ0v) is 10.4. The molecule has 0 aliphatic heterocycles. The number of anilines is 1. The summed E-state index contributed by atoms with van der Waals surface area (Å²) in [4.78, 5) is 3.48. The molecule has 0 unspecified atom stereocenters. The number of furan rings is 1. The first-order valence-electron chi connectivity index (χ1n) is 5.81. The molecule has 104 valence electrons. The second-order valence-corrected chi connectivity index (χ2v) is 4.11. The van der Waals surface area contributed by atoms with E-state index in [0.29, 0.717) is 17.0 Å². The molecule has 2 N–H and O–H groups in total. The third kappa shape index (κ3) is 2.12. The molecule has 21 heavy (non-hydrogen) atoms. The summed E-state index contributed by atoms with van der Waals surface area (Å²) in [5.41, 5.74) is 5.68. The standard InChI is InChI=1S/C14H7F2N3O2/c15-8-5-9(16)14(19-13(8)18)21-12-7-3-1-2-4-10(7)20-11(12)6-17/h1-5H,(H2,18,19). The van der Waals surface area contributed by atoms with Crippen LogP contribution < -0.4 is 10.5 Å². The molecular formula is C14H7F2N3O2. The number of rotatable bonds is 2. The Labute approximate surface area is 117 Å². The highest BCUT2D eigenvalue weighted by atomic mass is 19.1. The van der Waals surface area contributed by atoms with Crippen LogP contribution in [-0.2, 0) is 0 Å². The van der Waals surface area contributed by atoms with Crippen molar-refractivity contribution in [2.75, 3.05) is 5.73 Å². The summed E-state index contributed by atoms with van der Waals surface area (Å²) in [6.07, 6.45) is 0. The van der Waals surface area contributed by atoms with Crippen molar-refractivity contribution < 1.29 is 17.9 Å². The number of nitriles is 1. The molecular weight excluding hydrogens is 280 g/mol. The van der Waals surface area contributed by atoms with Gasteiger partial charge < -0.3 is 14.9 Å². The maximum Gasteiger partial charge on any atom is 0.258 e. The Morgan fingerprint density at radius 3 is 2.76 bits per heavy atom. The number of pyridine rings is 1. The number of fused-ring (bicyclic) bond motifs is 1. The van der Waals surface area contributed by atoms with Gasteiger partial charge in [0.05, 0.1) is 5.39 Å². The van der Waals surface area contributed by atoms with Crippen LogP contribution in [0.2, 0.25) is 0 Å². The molecule has 1 aromatic carbocycles. The summed E-state index contributed by atoms with van der Waals surface area (Å²) in [7, 11) is 0. The Hall–Kier alpha value is -3.14. The van der Waals surface area contributed by atoms with E-state index in [1.54, 1.807) is 30.3 Å². The van der Waals surface area contributed by atoms with Crippen molar-refractivity contribution in [2.45, 2.75) is 0 Å². The second kappa shape index (κ2) is 4.76. The van der Waals surface area contributed by atoms with Crippen LogP contribution in [0.25, 0.3) is 11.0 Å². The molecule has 2 heterocycles. The molecule has 0 spiro atoms. The number of benzene rings is 1. The van der Waals surface area contributed by atoms with Gasteiger partial charge in [-0.2, -0.15) is 10.2 Å². The molecule has 0 fully saturated rings. The minimum absolute atomic E-state index is 0.00510. The molecule has 3 aromatic rings.